The van der Waals surface area contributed by atoms with E-state index in [1.165, 1.54) is 56.9 Å². The normalized spacial score (nSPS) is 26.3. The van der Waals surface area contributed by atoms with E-state index in [0.717, 1.165) is 29.1 Å². The van der Waals surface area contributed by atoms with Crippen molar-refractivity contribution in [2.24, 2.45) is 17.8 Å². The summed E-state index contributed by atoms with van der Waals surface area (Å²) in [6.45, 7) is 8.24. The molecule has 2 aliphatic carbocycles. The van der Waals surface area contributed by atoms with Crippen molar-refractivity contribution in [3.8, 4) is 5.75 Å². The number of carbonyl (C=O) groups excluding carboxylic acids is 1. The molecule has 4 nitrogen and oxygen atoms in total. The Morgan fingerprint density at radius 3 is 2.29 bits per heavy atom. The highest BCUT2D eigenvalue weighted by Crippen LogP contribution is 2.44. The molecule has 4 heteroatoms. The van der Waals surface area contributed by atoms with Gasteiger partial charge < -0.3 is 14.6 Å². The molecule has 1 N–H and O–H groups in total. The SMILES string of the molecule is C=C(C)C(=O)OCCc1cc(C2CCC(C3CCC(C)CC3)CC2)ccc1OCCO. The predicted molar refractivity (Wildman–Crippen MR) is 124 cm³/mol. The summed E-state index contributed by atoms with van der Waals surface area (Å²) in [6.07, 6.45) is 11.5. The number of hydrogen-bond donors (Lipinski definition) is 1. The summed E-state index contributed by atoms with van der Waals surface area (Å²) in [5, 5.41) is 9.13. The first kappa shape index (κ1) is 23.8. The van der Waals surface area contributed by atoms with Crippen molar-refractivity contribution in [3.63, 3.8) is 0 Å². The van der Waals surface area contributed by atoms with Gasteiger partial charge in [0.15, 0.2) is 0 Å². The number of aliphatic hydroxyl groups excluding tert-OH is 1. The monoisotopic (exact) mass is 428 g/mol. The van der Waals surface area contributed by atoms with Crippen LogP contribution in [0.2, 0.25) is 0 Å². The summed E-state index contributed by atoms with van der Waals surface area (Å²) in [5.41, 5.74) is 2.83. The van der Waals surface area contributed by atoms with E-state index in [1.54, 1.807) is 6.92 Å². The van der Waals surface area contributed by atoms with Gasteiger partial charge in [-0.3, -0.25) is 0 Å². The number of hydrogen-bond acceptors (Lipinski definition) is 4. The highest BCUT2D eigenvalue weighted by atomic mass is 16.5. The Bertz CT molecular complexity index is 725. The fourth-order valence-electron chi connectivity index (χ4n) is 5.40. The van der Waals surface area contributed by atoms with Gasteiger partial charge in [0.25, 0.3) is 0 Å². The summed E-state index contributed by atoms with van der Waals surface area (Å²) < 4.78 is 11.0. The van der Waals surface area contributed by atoms with Crippen molar-refractivity contribution in [3.05, 3.63) is 41.5 Å². The molecule has 0 radical (unpaired) electrons. The standard InChI is InChI=1S/C27H40O4/c1-19(2)27(29)31-16-14-25-18-24(12-13-26(25)30-17-15-28)23-10-8-22(9-11-23)21-6-4-20(3)5-7-21/h12-13,18,20-23,28H,1,4-11,14-17H2,2-3H3. The maximum Gasteiger partial charge on any atom is 0.333 e. The molecule has 0 unspecified atom stereocenters. The molecule has 2 aliphatic rings. The predicted octanol–water partition coefficient (Wildman–Crippen LogP) is 5.82. The second-order valence-electron chi connectivity index (χ2n) is 9.74. The third-order valence-electron chi connectivity index (χ3n) is 7.36. The summed E-state index contributed by atoms with van der Waals surface area (Å²) in [6, 6.07) is 6.44. The quantitative estimate of drug-likeness (QED) is 0.398. The average Bonchev–Trinajstić information content (AvgIpc) is 2.78. The van der Waals surface area contributed by atoms with Gasteiger partial charge in [0.1, 0.15) is 12.4 Å². The van der Waals surface area contributed by atoms with Crippen LogP contribution < -0.4 is 4.74 Å². The molecule has 0 spiro atoms. The van der Waals surface area contributed by atoms with Crippen LogP contribution in [0.3, 0.4) is 0 Å². The van der Waals surface area contributed by atoms with E-state index in [9.17, 15) is 4.79 Å². The van der Waals surface area contributed by atoms with E-state index in [0.29, 0.717) is 24.5 Å². The van der Waals surface area contributed by atoms with Crippen LogP contribution in [-0.4, -0.2) is 30.9 Å². The van der Waals surface area contributed by atoms with Gasteiger partial charge >= 0.3 is 5.97 Å². The molecular formula is C27H40O4. The molecule has 0 bridgehead atoms. The average molecular weight is 429 g/mol. The van der Waals surface area contributed by atoms with Crippen LogP contribution in [0.25, 0.3) is 0 Å². The van der Waals surface area contributed by atoms with Crippen LogP contribution in [0.1, 0.15) is 82.3 Å². The zero-order chi connectivity index (χ0) is 22.2. The van der Waals surface area contributed by atoms with Gasteiger partial charge in [0.05, 0.1) is 13.2 Å². The summed E-state index contributed by atoms with van der Waals surface area (Å²) in [4.78, 5) is 11.7. The van der Waals surface area contributed by atoms with Gasteiger partial charge in [-0.2, -0.15) is 0 Å². The third-order valence-corrected chi connectivity index (χ3v) is 7.36. The van der Waals surface area contributed by atoms with Crippen molar-refractivity contribution < 1.29 is 19.4 Å². The highest BCUT2D eigenvalue weighted by Gasteiger charge is 2.30. The van der Waals surface area contributed by atoms with E-state index in [4.69, 9.17) is 14.6 Å². The molecule has 0 atom stereocenters. The van der Waals surface area contributed by atoms with Gasteiger partial charge in [-0.25, -0.2) is 4.79 Å². The number of aliphatic hydroxyl groups is 1. The molecule has 172 valence electrons. The van der Waals surface area contributed by atoms with Gasteiger partial charge in [0, 0.05) is 12.0 Å². The van der Waals surface area contributed by atoms with Gasteiger partial charge in [-0.1, -0.05) is 38.5 Å². The lowest BCUT2D eigenvalue weighted by atomic mass is 9.68. The molecule has 3 rings (SSSR count). The molecule has 0 heterocycles. The first-order chi connectivity index (χ1) is 15.0. The lowest BCUT2D eigenvalue weighted by Gasteiger charge is -2.37. The number of carbonyl (C=O) groups is 1. The topological polar surface area (TPSA) is 55.8 Å². The van der Waals surface area contributed by atoms with E-state index in [2.05, 4.69) is 25.6 Å². The fraction of sp³-hybridized carbons (Fsp3) is 0.667. The minimum atomic E-state index is -0.357. The highest BCUT2D eigenvalue weighted by molar-refractivity contribution is 5.86. The minimum absolute atomic E-state index is 0.0181. The Hall–Kier alpha value is -1.81. The van der Waals surface area contributed by atoms with Gasteiger partial charge in [0.2, 0.25) is 0 Å². The van der Waals surface area contributed by atoms with Crippen LogP contribution in [0.5, 0.6) is 5.75 Å². The largest absolute Gasteiger partial charge is 0.491 e. The van der Waals surface area contributed by atoms with Crippen molar-refractivity contribution in [1.82, 2.24) is 0 Å². The van der Waals surface area contributed by atoms with Gasteiger partial charge in [-0.15, -0.1) is 0 Å². The molecule has 1 aromatic carbocycles. The summed E-state index contributed by atoms with van der Waals surface area (Å²) >= 11 is 0. The maximum absolute atomic E-state index is 11.7. The lowest BCUT2D eigenvalue weighted by molar-refractivity contribution is -0.138. The molecule has 0 aliphatic heterocycles. The van der Waals surface area contributed by atoms with Crippen LogP contribution in [-0.2, 0) is 16.0 Å². The second kappa shape index (κ2) is 11.7. The molecular weight excluding hydrogens is 388 g/mol. The first-order valence-electron chi connectivity index (χ1n) is 12.2. The number of esters is 1. The Morgan fingerprint density at radius 2 is 1.68 bits per heavy atom. The van der Waals surface area contributed by atoms with Crippen molar-refractivity contribution in [1.29, 1.82) is 0 Å². The fourth-order valence-corrected chi connectivity index (χ4v) is 5.40. The van der Waals surface area contributed by atoms with Crippen LogP contribution in [0, 0.1) is 17.8 Å². The molecule has 1 aromatic rings. The third kappa shape index (κ3) is 6.83. The lowest BCUT2D eigenvalue weighted by Crippen LogP contribution is -2.24. The van der Waals surface area contributed by atoms with E-state index >= 15 is 0 Å². The van der Waals surface area contributed by atoms with Crippen molar-refractivity contribution >= 4 is 5.97 Å². The number of benzene rings is 1. The van der Waals surface area contributed by atoms with E-state index in [-0.39, 0.29) is 19.2 Å². The number of rotatable bonds is 9. The van der Waals surface area contributed by atoms with E-state index < -0.39 is 0 Å². The molecule has 0 aromatic heterocycles. The molecule has 0 amide bonds. The minimum Gasteiger partial charge on any atom is -0.491 e. The Morgan fingerprint density at radius 1 is 1.03 bits per heavy atom. The first-order valence-corrected chi connectivity index (χ1v) is 12.2. The smallest absolute Gasteiger partial charge is 0.333 e. The maximum atomic E-state index is 11.7. The summed E-state index contributed by atoms with van der Waals surface area (Å²) in [7, 11) is 0. The zero-order valence-corrected chi connectivity index (χ0v) is 19.4. The van der Waals surface area contributed by atoms with Crippen molar-refractivity contribution in [2.75, 3.05) is 19.8 Å². The Balaban J connectivity index is 1.60. The number of ether oxygens (including phenoxy) is 2. The van der Waals surface area contributed by atoms with Crippen molar-refractivity contribution in [2.45, 2.75) is 77.6 Å². The zero-order valence-electron chi connectivity index (χ0n) is 19.4. The second-order valence-corrected chi connectivity index (χ2v) is 9.74. The Labute approximate surface area is 188 Å². The van der Waals surface area contributed by atoms with Gasteiger partial charge in [-0.05, 0) is 86.3 Å². The molecule has 31 heavy (non-hydrogen) atoms. The molecule has 2 saturated carbocycles. The molecule has 2 fully saturated rings. The van der Waals surface area contributed by atoms with E-state index in [1.807, 2.05) is 6.07 Å². The van der Waals surface area contributed by atoms with Crippen LogP contribution >= 0.6 is 0 Å². The van der Waals surface area contributed by atoms with Crippen LogP contribution in [0.15, 0.2) is 30.4 Å². The molecule has 0 saturated heterocycles. The van der Waals surface area contributed by atoms with Crippen LogP contribution in [0.4, 0.5) is 0 Å². The Kier molecular flexibility index (Phi) is 9.01. The summed E-state index contributed by atoms with van der Waals surface area (Å²) in [5.74, 6) is 3.80.